The molecule has 1 heteroatoms. The van der Waals surface area contributed by atoms with Crippen LogP contribution in [-0.4, -0.2) is 12.6 Å². The van der Waals surface area contributed by atoms with Gasteiger partial charge in [0.15, 0.2) is 0 Å². The van der Waals surface area contributed by atoms with Crippen LogP contribution in [-0.2, 0) is 0 Å². The quantitative estimate of drug-likeness (QED) is 0.355. The van der Waals surface area contributed by atoms with Crippen molar-refractivity contribution < 1.29 is 0 Å². The van der Waals surface area contributed by atoms with Crippen molar-refractivity contribution >= 4 is 0 Å². The lowest BCUT2D eigenvalue weighted by Gasteiger charge is -2.17. The number of unbranched alkanes of at least 4 members (excludes halogenated alkanes) is 9. The highest BCUT2D eigenvalue weighted by Gasteiger charge is 2.05. The van der Waals surface area contributed by atoms with E-state index in [1.807, 2.05) is 0 Å². The molecule has 1 atom stereocenters. The summed E-state index contributed by atoms with van der Waals surface area (Å²) < 4.78 is 0. The molecule has 0 aromatic carbocycles. The molecule has 0 saturated heterocycles. The lowest BCUT2D eigenvalue weighted by atomic mass is 10.0. The van der Waals surface area contributed by atoms with E-state index in [4.69, 9.17) is 0 Å². The van der Waals surface area contributed by atoms with Gasteiger partial charge in [0.2, 0.25) is 0 Å². The van der Waals surface area contributed by atoms with Gasteiger partial charge >= 0.3 is 0 Å². The fourth-order valence-corrected chi connectivity index (χ4v) is 2.79. The first-order chi connectivity index (χ1) is 9.35. The predicted octanol–water partition coefficient (Wildman–Crippen LogP) is 6.08. The first kappa shape index (κ1) is 19.0. The molecule has 0 aliphatic rings. The molecule has 0 aliphatic heterocycles. The Balaban J connectivity index is 3.29. The van der Waals surface area contributed by atoms with E-state index in [1.165, 1.54) is 83.5 Å². The Morgan fingerprint density at radius 2 is 1.05 bits per heavy atom. The highest BCUT2D eigenvalue weighted by molar-refractivity contribution is 4.66. The van der Waals surface area contributed by atoms with Gasteiger partial charge in [-0.3, -0.25) is 0 Å². The second-order valence-electron chi connectivity index (χ2n) is 6.01. The molecule has 0 rings (SSSR count). The maximum absolute atomic E-state index is 3.64. The van der Waals surface area contributed by atoms with Crippen LogP contribution in [0.5, 0.6) is 0 Å². The highest BCUT2D eigenvalue weighted by Crippen LogP contribution is 2.13. The largest absolute Gasteiger partial charge is 0.314 e. The Bertz CT molecular complexity index is 156. The van der Waals surface area contributed by atoms with E-state index in [1.54, 1.807) is 0 Å². The molecule has 0 amide bonds. The van der Waals surface area contributed by atoms with E-state index in [2.05, 4.69) is 26.1 Å². The molecule has 116 valence electrons. The average molecular weight is 270 g/mol. The van der Waals surface area contributed by atoms with Crippen molar-refractivity contribution in [3.63, 3.8) is 0 Å². The van der Waals surface area contributed by atoms with Crippen molar-refractivity contribution in [3.05, 3.63) is 0 Å². The fourth-order valence-electron chi connectivity index (χ4n) is 2.79. The summed E-state index contributed by atoms with van der Waals surface area (Å²) in [6.07, 6.45) is 18.5. The minimum Gasteiger partial charge on any atom is -0.314 e. The minimum absolute atomic E-state index is 0.787. The number of rotatable bonds is 15. The van der Waals surface area contributed by atoms with Crippen LogP contribution in [0.15, 0.2) is 0 Å². The van der Waals surface area contributed by atoms with Gasteiger partial charge in [0.1, 0.15) is 0 Å². The van der Waals surface area contributed by atoms with Gasteiger partial charge in [0.05, 0.1) is 0 Å². The van der Waals surface area contributed by atoms with Gasteiger partial charge in [0, 0.05) is 6.04 Å². The monoisotopic (exact) mass is 269 g/mol. The van der Waals surface area contributed by atoms with Gasteiger partial charge in [-0.1, -0.05) is 91.4 Å². The topological polar surface area (TPSA) is 12.0 Å². The molecule has 0 heterocycles. The summed E-state index contributed by atoms with van der Waals surface area (Å²) in [6, 6.07) is 0.787. The molecule has 0 aliphatic carbocycles. The van der Waals surface area contributed by atoms with Crippen LogP contribution in [0, 0.1) is 0 Å². The van der Waals surface area contributed by atoms with Crippen LogP contribution in [0.25, 0.3) is 0 Å². The van der Waals surface area contributed by atoms with Crippen LogP contribution < -0.4 is 5.32 Å². The summed E-state index contributed by atoms with van der Waals surface area (Å²) in [6.45, 7) is 7.95. The molecule has 0 radical (unpaired) electrons. The number of nitrogens with one attached hydrogen (secondary N) is 1. The van der Waals surface area contributed by atoms with Crippen LogP contribution in [0.3, 0.4) is 0 Å². The van der Waals surface area contributed by atoms with Crippen molar-refractivity contribution in [2.45, 2.75) is 110 Å². The fraction of sp³-hybridized carbons (Fsp3) is 1.00. The summed E-state index contributed by atoms with van der Waals surface area (Å²) >= 11 is 0. The van der Waals surface area contributed by atoms with Gasteiger partial charge < -0.3 is 5.32 Å². The van der Waals surface area contributed by atoms with Crippen molar-refractivity contribution in [1.82, 2.24) is 5.32 Å². The van der Waals surface area contributed by atoms with Crippen molar-refractivity contribution in [2.24, 2.45) is 0 Å². The smallest absolute Gasteiger partial charge is 0.00669 e. The standard InChI is InChI=1S/C18H39N/c1-4-7-9-10-11-12-13-14-15-17-18(19-6-3)16-8-5-2/h18-19H,4-17H2,1-3H3. The second kappa shape index (κ2) is 16.0. The van der Waals surface area contributed by atoms with E-state index in [-0.39, 0.29) is 0 Å². The zero-order chi connectivity index (χ0) is 14.2. The third-order valence-corrected chi connectivity index (χ3v) is 4.06. The Morgan fingerprint density at radius 1 is 0.579 bits per heavy atom. The molecule has 0 aromatic rings. The van der Waals surface area contributed by atoms with Gasteiger partial charge in [-0.05, 0) is 19.4 Å². The first-order valence-electron chi connectivity index (χ1n) is 9.08. The predicted molar refractivity (Wildman–Crippen MR) is 88.8 cm³/mol. The lowest BCUT2D eigenvalue weighted by Crippen LogP contribution is -2.28. The molecule has 1 N–H and O–H groups in total. The summed E-state index contributed by atoms with van der Waals surface area (Å²) in [7, 11) is 0. The highest BCUT2D eigenvalue weighted by atomic mass is 14.9. The molecule has 19 heavy (non-hydrogen) atoms. The number of hydrogen-bond acceptors (Lipinski definition) is 1. The molecule has 0 bridgehead atoms. The first-order valence-corrected chi connectivity index (χ1v) is 9.08. The van der Waals surface area contributed by atoms with E-state index >= 15 is 0 Å². The summed E-state index contributed by atoms with van der Waals surface area (Å²) in [4.78, 5) is 0. The zero-order valence-electron chi connectivity index (χ0n) is 14.0. The Kier molecular flexibility index (Phi) is 16.0. The minimum atomic E-state index is 0.787. The van der Waals surface area contributed by atoms with Crippen molar-refractivity contribution in [1.29, 1.82) is 0 Å². The maximum Gasteiger partial charge on any atom is 0.00669 e. The third-order valence-electron chi connectivity index (χ3n) is 4.06. The zero-order valence-corrected chi connectivity index (χ0v) is 14.0. The van der Waals surface area contributed by atoms with Gasteiger partial charge in [-0.25, -0.2) is 0 Å². The number of hydrogen-bond donors (Lipinski definition) is 1. The molecule has 1 unspecified atom stereocenters. The van der Waals surface area contributed by atoms with Gasteiger partial charge in [-0.2, -0.15) is 0 Å². The molecule has 0 saturated carbocycles. The summed E-state index contributed by atoms with van der Waals surface area (Å²) in [5.74, 6) is 0. The summed E-state index contributed by atoms with van der Waals surface area (Å²) in [5.41, 5.74) is 0. The summed E-state index contributed by atoms with van der Waals surface area (Å²) in [5, 5.41) is 3.64. The third kappa shape index (κ3) is 14.2. The van der Waals surface area contributed by atoms with E-state index < -0.39 is 0 Å². The molecule has 0 aromatic heterocycles. The Morgan fingerprint density at radius 3 is 1.58 bits per heavy atom. The van der Waals surface area contributed by atoms with Crippen LogP contribution in [0.4, 0.5) is 0 Å². The van der Waals surface area contributed by atoms with Crippen molar-refractivity contribution in [2.75, 3.05) is 6.54 Å². The SMILES string of the molecule is CCCCCCCCCCCC(CCCC)NCC. The molecular weight excluding hydrogens is 230 g/mol. The average Bonchev–Trinajstić information content (AvgIpc) is 2.42. The maximum atomic E-state index is 3.64. The van der Waals surface area contributed by atoms with E-state index in [9.17, 15) is 0 Å². The van der Waals surface area contributed by atoms with Crippen LogP contribution in [0.2, 0.25) is 0 Å². The molecule has 1 nitrogen and oxygen atoms in total. The Labute approximate surface area is 122 Å². The van der Waals surface area contributed by atoms with Crippen LogP contribution >= 0.6 is 0 Å². The Hall–Kier alpha value is -0.0400. The van der Waals surface area contributed by atoms with Crippen molar-refractivity contribution in [3.8, 4) is 0 Å². The van der Waals surface area contributed by atoms with E-state index in [0.717, 1.165) is 12.6 Å². The molecule has 0 fully saturated rings. The molecule has 0 spiro atoms. The second-order valence-corrected chi connectivity index (χ2v) is 6.01. The van der Waals surface area contributed by atoms with E-state index in [0.29, 0.717) is 0 Å². The van der Waals surface area contributed by atoms with Gasteiger partial charge in [-0.15, -0.1) is 0 Å². The normalized spacial score (nSPS) is 12.8. The van der Waals surface area contributed by atoms with Crippen LogP contribution in [0.1, 0.15) is 104 Å². The lowest BCUT2D eigenvalue weighted by molar-refractivity contribution is 0.426. The van der Waals surface area contributed by atoms with Gasteiger partial charge in [0.25, 0.3) is 0 Å². The molecular formula is C18H39N.